The first-order chi connectivity index (χ1) is 9.58. The fourth-order valence-electron chi connectivity index (χ4n) is 1.63. The molecule has 0 radical (unpaired) electrons. The summed E-state index contributed by atoms with van der Waals surface area (Å²) in [4.78, 5) is 1.47. The Hall–Kier alpha value is -1.52. The van der Waals surface area contributed by atoms with Gasteiger partial charge in [-0.3, -0.25) is 0 Å². The molecule has 0 fully saturated rings. The Balaban J connectivity index is 1.97. The van der Waals surface area contributed by atoms with Crippen molar-refractivity contribution in [3.63, 3.8) is 0 Å². The summed E-state index contributed by atoms with van der Waals surface area (Å²) >= 11 is 1.51. The first kappa shape index (κ1) is 14.9. The minimum atomic E-state index is -3.23. The molecule has 0 amide bonds. The van der Waals surface area contributed by atoms with Gasteiger partial charge >= 0.3 is 0 Å². The van der Waals surface area contributed by atoms with Crippen LogP contribution in [0.1, 0.15) is 5.56 Å². The molecule has 2 aromatic rings. The van der Waals surface area contributed by atoms with Crippen LogP contribution >= 0.6 is 11.8 Å². The van der Waals surface area contributed by atoms with Crippen molar-refractivity contribution >= 4 is 21.6 Å². The highest BCUT2D eigenvalue weighted by Gasteiger charge is 2.11. The highest BCUT2D eigenvalue weighted by atomic mass is 32.2. The van der Waals surface area contributed by atoms with Crippen LogP contribution in [-0.4, -0.2) is 14.2 Å². The Morgan fingerprint density at radius 1 is 1.00 bits per heavy atom. The SMILES string of the molecule is Cc1ccc(S(=O)(=O)CC=CSc2ccccc2)cc1. The zero-order valence-corrected chi connectivity index (χ0v) is 12.8. The van der Waals surface area contributed by atoms with E-state index in [1.165, 1.54) is 11.8 Å². The smallest absolute Gasteiger partial charge is 0.181 e. The van der Waals surface area contributed by atoms with E-state index in [2.05, 4.69) is 0 Å². The van der Waals surface area contributed by atoms with E-state index < -0.39 is 9.84 Å². The third kappa shape index (κ3) is 4.25. The maximum atomic E-state index is 12.1. The molecule has 0 aromatic heterocycles. The second-order valence-corrected chi connectivity index (χ2v) is 7.41. The van der Waals surface area contributed by atoms with Crippen molar-refractivity contribution in [2.75, 3.05) is 5.75 Å². The molecule has 0 heterocycles. The minimum absolute atomic E-state index is 0.0237. The minimum Gasteiger partial charge on any atom is -0.223 e. The fraction of sp³-hybridized carbons (Fsp3) is 0.125. The average molecular weight is 304 g/mol. The summed E-state index contributed by atoms with van der Waals surface area (Å²) in [6.07, 6.45) is 1.69. The zero-order valence-electron chi connectivity index (χ0n) is 11.2. The Bertz CT molecular complexity index is 672. The Morgan fingerprint density at radius 3 is 2.30 bits per heavy atom. The molecule has 0 aliphatic carbocycles. The van der Waals surface area contributed by atoms with E-state index in [1.807, 2.05) is 54.8 Å². The van der Waals surface area contributed by atoms with Crippen LogP contribution in [0.4, 0.5) is 0 Å². The van der Waals surface area contributed by atoms with Crippen LogP contribution in [0.2, 0.25) is 0 Å². The molecule has 0 unspecified atom stereocenters. The van der Waals surface area contributed by atoms with Gasteiger partial charge in [0.1, 0.15) is 0 Å². The van der Waals surface area contributed by atoms with Gasteiger partial charge in [-0.15, -0.1) is 0 Å². The number of hydrogen-bond donors (Lipinski definition) is 0. The van der Waals surface area contributed by atoms with Crippen LogP contribution < -0.4 is 0 Å². The van der Waals surface area contributed by atoms with Gasteiger partial charge in [0, 0.05) is 4.90 Å². The Kier molecular flexibility index (Phi) is 5.04. The van der Waals surface area contributed by atoms with Crippen molar-refractivity contribution in [1.82, 2.24) is 0 Å². The highest BCUT2D eigenvalue weighted by Crippen LogP contribution is 2.19. The maximum Gasteiger partial charge on any atom is 0.181 e. The van der Waals surface area contributed by atoms with Gasteiger partial charge in [0.05, 0.1) is 10.6 Å². The molecule has 104 valence electrons. The molecule has 0 spiro atoms. The van der Waals surface area contributed by atoms with E-state index in [-0.39, 0.29) is 5.75 Å². The van der Waals surface area contributed by atoms with Crippen LogP contribution in [0.3, 0.4) is 0 Å². The summed E-state index contributed by atoms with van der Waals surface area (Å²) in [6.45, 7) is 1.94. The topological polar surface area (TPSA) is 34.1 Å². The molecule has 4 heteroatoms. The summed E-state index contributed by atoms with van der Waals surface area (Å²) in [5.41, 5.74) is 1.05. The summed E-state index contributed by atoms with van der Waals surface area (Å²) in [5, 5.41) is 1.82. The second kappa shape index (κ2) is 6.77. The van der Waals surface area contributed by atoms with E-state index in [0.29, 0.717) is 4.90 Å². The van der Waals surface area contributed by atoms with E-state index in [9.17, 15) is 8.42 Å². The molecular formula is C16H16O2S2. The molecular weight excluding hydrogens is 288 g/mol. The molecule has 2 rings (SSSR count). The third-order valence-electron chi connectivity index (χ3n) is 2.74. The molecule has 20 heavy (non-hydrogen) atoms. The molecule has 0 aliphatic rings. The molecule has 0 atom stereocenters. The third-order valence-corrected chi connectivity index (χ3v) is 5.23. The quantitative estimate of drug-likeness (QED) is 0.781. The lowest BCUT2D eigenvalue weighted by atomic mass is 10.2. The van der Waals surface area contributed by atoms with Crippen molar-refractivity contribution in [3.05, 3.63) is 71.6 Å². The second-order valence-electron chi connectivity index (χ2n) is 4.40. The molecule has 2 aromatic carbocycles. The number of hydrogen-bond acceptors (Lipinski definition) is 3. The Morgan fingerprint density at radius 2 is 1.65 bits per heavy atom. The predicted molar refractivity (Wildman–Crippen MR) is 84.7 cm³/mol. The monoisotopic (exact) mass is 304 g/mol. The fourth-order valence-corrected chi connectivity index (χ4v) is 3.51. The number of sulfone groups is 1. The van der Waals surface area contributed by atoms with Crippen molar-refractivity contribution < 1.29 is 8.42 Å². The van der Waals surface area contributed by atoms with Gasteiger partial charge in [-0.1, -0.05) is 53.7 Å². The van der Waals surface area contributed by atoms with Gasteiger partial charge in [0.15, 0.2) is 9.84 Å². The lowest BCUT2D eigenvalue weighted by Crippen LogP contribution is -2.04. The first-order valence-electron chi connectivity index (χ1n) is 6.24. The lowest BCUT2D eigenvalue weighted by molar-refractivity contribution is 0.599. The molecule has 0 N–H and O–H groups in total. The molecule has 0 saturated heterocycles. The van der Waals surface area contributed by atoms with E-state index in [0.717, 1.165) is 10.5 Å². The highest BCUT2D eigenvalue weighted by molar-refractivity contribution is 8.02. The van der Waals surface area contributed by atoms with E-state index in [1.54, 1.807) is 18.2 Å². The first-order valence-corrected chi connectivity index (χ1v) is 8.77. The Labute approximate surface area is 124 Å². The van der Waals surface area contributed by atoms with Gasteiger partial charge < -0.3 is 0 Å². The van der Waals surface area contributed by atoms with Crippen LogP contribution in [-0.2, 0) is 9.84 Å². The van der Waals surface area contributed by atoms with E-state index in [4.69, 9.17) is 0 Å². The van der Waals surface area contributed by atoms with Crippen molar-refractivity contribution in [3.8, 4) is 0 Å². The van der Waals surface area contributed by atoms with Gasteiger partial charge in [-0.05, 0) is 36.6 Å². The maximum absolute atomic E-state index is 12.1. The predicted octanol–water partition coefficient (Wildman–Crippen LogP) is 4.07. The standard InChI is InChI=1S/C16H16O2S2/c1-14-8-10-16(11-9-14)20(17,18)13-5-12-19-15-6-3-2-4-7-15/h2-12H,13H2,1H3. The number of thioether (sulfide) groups is 1. The number of benzene rings is 2. The van der Waals surface area contributed by atoms with Crippen LogP contribution in [0.15, 0.2) is 75.9 Å². The van der Waals surface area contributed by atoms with Gasteiger partial charge in [0.2, 0.25) is 0 Å². The van der Waals surface area contributed by atoms with Crippen LogP contribution in [0.25, 0.3) is 0 Å². The van der Waals surface area contributed by atoms with Crippen molar-refractivity contribution in [2.45, 2.75) is 16.7 Å². The summed E-state index contributed by atoms with van der Waals surface area (Å²) in [6, 6.07) is 16.8. The van der Waals surface area contributed by atoms with E-state index >= 15 is 0 Å². The van der Waals surface area contributed by atoms with Gasteiger partial charge in [0.25, 0.3) is 0 Å². The normalized spacial score (nSPS) is 11.8. The molecule has 0 bridgehead atoms. The zero-order chi connectivity index (χ0) is 14.4. The largest absolute Gasteiger partial charge is 0.223 e. The van der Waals surface area contributed by atoms with Crippen molar-refractivity contribution in [1.29, 1.82) is 0 Å². The number of aryl methyl sites for hydroxylation is 1. The van der Waals surface area contributed by atoms with Crippen LogP contribution in [0, 0.1) is 6.92 Å². The van der Waals surface area contributed by atoms with Crippen LogP contribution in [0.5, 0.6) is 0 Å². The number of rotatable bonds is 5. The molecule has 2 nitrogen and oxygen atoms in total. The van der Waals surface area contributed by atoms with Gasteiger partial charge in [-0.25, -0.2) is 8.42 Å². The summed E-state index contributed by atoms with van der Waals surface area (Å²) < 4.78 is 24.2. The average Bonchev–Trinajstić information content (AvgIpc) is 2.45. The molecule has 0 aliphatic heterocycles. The van der Waals surface area contributed by atoms with Gasteiger partial charge in [-0.2, -0.15) is 0 Å². The summed E-state index contributed by atoms with van der Waals surface area (Å²) in [7, 11) is -3.23. The van der Waals surface area contributed by atoms with Crippen molar-refractivity contribution in [2.24, 2.45) is 0 Å². The lowest BCUT2D eigenvalue weighted by Gasteiger charge is -2.01. The molecule has 0 saturated carbocycles. The summed E-state index contributed by atoms with van der Waals surface area (Å²) in [5.74, 6) is 0.0237.